The summed E-state index contributed by atoms with van der Waals surface area (Å²) in [5, 5.41) is 11.6. The molecule has 0 radical (unpaired) electrons. The zero-order valence-corrected chi connectivity index (χ0v) is 21.4. The van der Waals surface area contributed by atoms with Gasteiger partial charge in [0.2, 0.25) is 5.91 Å². The topological polar surface area (TPSA) is 112 Å². The lowest BCUT2D eigenvalue weighted by molar-refractivity contribution is -0.117. The van der Waals surface area contributed by atoms with E-state index in [-0.39, 0.29) is 11.3 Å². The third-order valence-corrected chi connectivity index (χ3v) is 6.29. The summed E-state index contributed by atoms with van der Waals surface area (Å²) in [6.07, 6.45) is 5.67. The van der Waals surface area contributed by atoms with Crippen LogP contribution in [-0.4, -0.2) is 36.0 Å². The molecule has 4 aromatic heterocycles. The number of anilines is 1. The van der Waals surface area contributed by atoms with Crippen molar-refractivity contribution < 1.29 is 4.79 Å². The lowest BCUT2D eigenvalue weighted by Gasteiger charge is -2.17. The average Bonchev–Trinajstić information content (AvgIpc) is 3.51. The molecule has 6 aromatic rings. The van der Waals surface area contributed by atoms with Crippen molar-refractivity contribution in [3.05, 3.63) is 79.3 Å². The summed E-state index contributed by atoms with van der Waals surface area (Å²) in [6.45, 7) is 6.13. The molecule has 8 nitrogen and oxygen atoms in total. The quantitative estimate of drug-likeness (QED) is 0.246. The van der Waals surface area contributed by atoms with Crippen LogP contribution < -0.4 is 5.32 Å². The van der Waals surface area contributed by atoms with Gasteiger partial charge in [-0.25, -0.2) is 4.98 Å². The summed E-state index contributed by atoms with van der Waals surface area (Å²) in [7, 11) is 0. The lowest BCUT2D eigenvalue weighted by Crippen LogP contribution is -2.19. The number of imidazole rings is 1. The number of rotatable bonds is 5. The zero-order valence-electron chi connectivity index (χ0n) is 21.4. The first-order valence-electron chi connectivity index (χ1n) is 12.5. The number of carbonyl (C=O) groups excluding carboxylic acids is 1. The van der Waals surface area contributed by atoms with Gasteiger partial charge >= 0.3 is 0 Å². The Morgan fingerprint density at radius 1 is 0.947 bits per heavy atom. The number of pyridine rings is 2. The van der Waals surface area contributed by atoms with Crippen LogP contribution in [0.2, 0.25) is 0 Å². The molecular weight excluding hydrogens is 474 g/mol. The number of aromatic nitrogens is 6. The molecule has 0 unspecified atom stereocenters. The number of amides is 1. The molecule has 38 heavy (non-hydrogen) atoms. The van der Waals surface area contributed by atoms with Gasteiger partial charge in [-0.05, 0) is 47.4 Å². The monoisotopic (exact) mass is 501 g/mol. The molecule has 0 bridgehead atoms. The van der Waals surface area contributed by atoms with E-state index in [1.165, 1.54) is 0 Å². The molecule has 0 spiro atoms. The number of nitrogens with zero attached hydrogens (tertiary/aromatic N) is 4. The van der Waals surface area contributed by atoms with Crippen molar-refractivity contribution in [3.8, 4) is 33.9 Å². The van der Waals surface area contributed by atoms with Crippen molar-refractivity contribution in [1.82, 2.24) is 30.1 Å². The van der Waals surface area contributed by atoms with Gasteiger partial charge in [-0.2, -0.15) is 5.10 Å². The summed E-state index contributed by atoms with van der Waals surface area (Å²) in [4.78, 5) is 29.7. The number of fused-ring (bicyclic) bond motifs is 2. The Labute approximate surface area is 219 Å². The zero-order chi connectivity index (χ0) is 26.3. The summed E-state index contributed by atoms with van der Waals surface area (Å²) < 4.78 is 0. The van der Waals surface area contributed by atoms with Crippen molar-refractivity contribution in [2.45, 2.75) is 27.2 Å². The first kappa shape index (κ1) is 23.5. The molecule has 0 aliphatic rings. The molecule has 2 aromatic carbocycles. The fourth-order valence-electron chi connectivity index (χ4n) is 4.60. The van der Waals surface area contributed by atoms with E-state index in [4.69, 9.17) is 4.98 Å². The van der Waals surface area contributed by atoms with Crippen molar-refractivity contribution in [3.63, 3.8) is 0 Å². The van der Waals surface area contributed by atoms with E-state index >= 15 is 0 Å². The van der Waals surface area contributed by atoms with Crippen LogP contribution in [0.1, 0.15) is 27.2 Å². The largest absolute Gasteiger partial charge is 0.337 e. The first-order chi connectivity index (χ1) is 18.3. The van der Waals surface area contributed by atoms with E-state index in [9.17, 15) is 4.79 Å². The van der Waals surface area contributed by atoms with Crippen LogP contribution in [0.4, 0.5) is 5.69 Å². The van der Waals surface area contributed by atoms with Crippen LogP contribution in [0.25, 0.3) is 55.8 Å². The van der Waals surface area contributed by atoms with Gasteiger partial charge in [-0.15, -0.1) is 0 Å². The van der Waals surface area contributed by atoms with Gasteiger partial charge < -0.3 is 10.3 Å². The van der Waals surface area contributed by atoms with Crippen molar-refractivity contribution in [2.24, 2.45) is 5.41 Å². The van der Waals surface area contributed by atoms with Gasteiger partial charge in [0.15, 0.2) is 5.82 Å². The molecule has 8 heteroatoms. The molecule has 0 fully saturated rings. The molecule has 0 saturated heterocycles. The number of hydrogen-bond acceptors (Lipinski definition) is 5. The first-order valence-corrected chi connectivity index (χ1v) is 12.5. The average molecular weight is 502 g/mol. The molecule has 0 saturated carbocycles. The Balaban J connectivity index is 1.36. The number of hydrogen-bond donors (Lipinski definition) is 3. The third kappa shape index (κ3) is 4.64. The predicted molar refractivity (Wildman–Crippen MR) is 150 cm³/mol. The highest BCUT2D eigenvalue weighted by Crippen LogP contribution is 2.33. The van der Waals surface area contributed by atoms with E-state index in [2.05, 4.69) is 36.5 Å². The van der Waals surface area contributed by atoms with Crippen molar-refractivity contribution in [2.75, 3.05) is 5.32 Å². The van der Waals surface area contributed by atoms with Crippen LogP contribution in [0.5, 0.6) is 0 Å². The standard InChI is InChI=1S/C30H27N7O/c1-30(2,3)15-26(38)33-20-13-19(16-31-17-20)18-10-11-24-22(14-18)28(37-36-24)29-34-25-9-6-7-21(27(25)35-29)23-8-4-5-12-32-23/h4-14,16-17H,15H2,1-3H3,(H,33,38)(H,34,35)(H,36,37). The number of para-hydroxylation sites is 1. The van der Waals surface area contributed by atoms with Gasteiger partial charge in [0.1, 0.15) is 5.69 Å². The maximum absolute atomic E-state index is 12.4. The van der Waals surface area contributed by atoms with E-state index in [1.807, 2.05) is 75.4 Å². The van der Waals surface area contributed by atoms with Crippen LogP contribution in [0.15, 0.2) is 79.3 Å². The summed E-state index contributed by atoms with van der Waals surface area (Å²) >= 11 is 0. The summed E-state index contributed by atoms with van der Waals surface area (Å²) in [6, 6.07) is 19.9. The minimum atomic E-state index is -0.0904. The molecule has 6 rings (SSSR count). The SMILES string of the molecule is CC(C)(C)CC(=O)Nc1cncc(-c2ccc3[nH]nc(-c4nc5c(-c6ccccn6)cccc5[nH]4)c3c2)c1. The van der Waals surface area contributed by atoms with Gasteiger partial charge in [0, 0.05) is 35.3 Å². The number of nitrogens with one attached hydrogen (secondary N) is 3. The second kappa shape index (κ2) is 9.23. The molecule has 0 aliphatic carbocycles. The highest BCUT2D eigenvalue weighted by Gasteiger charge is 2.18. The van der Waals surface area contributed by atoms with Gasteiger partial charge in [-0.1, -0.05) is 45.0 Å². The number of H-pyrrole nitrogens is 2. The minimum Gasteiger partial charge on any atom is -0.337 e. The summed E-state index contributed by atoms with van der Waals surface area (Å²) in [5.41, 5.74) is 7.66. The number of benzene rings is 2. The van der Waals surface area contributed by atoms with Crippen LogP contribution in [0, 0.1) is 5.41 Å². The third-order valence-electron chi connectivity index (χ3n) is 6.29. The van der Waals surface area contributed by atoms with Gasteiger partial charge in [0.25, 0.3) is 0 Å². The maximum Gasteiger partial charge on any atom is 0.224 e. The summed E-state index contributed by atoms with van der Waals surface area (Å²) in [5.74, 6) is 0.645. The Morgan fingerprint density at radius 3 is 2.66 bits per heavy atom. The Hall–Kier alpha value is -4.85. The van der Waals surface area contributed by atoms with E-state index in [0.717, 1.165) is 50.0 Å². The normalized spacial score (nSPS) is 11.8. The highest BCUT2D eigenvalue weighted by molar-refractivity contribution is 5.98. The predicted octanol–water partition coefficient (Wildman–Crippen LogP) is 6.60. The fourth-order valence-corrected chi connectivity index (χ4v) is 4.60. The molecule has 0 aliphatic heterocycles. The van der Waals surface area contributed by atoms with E-state index in [0.29, 0.717) is 17.9 Å². The molecule has 188 valence electrons. The molecule has 4 heterocycles. The van der Waals surface area contributed by atoms with Crippen molar-refractivity contribution >= 4 is 33.5 Å². The fraction of sp³-hybridized carbons (Fsp3) is 0.167. The van der Waals surface area contributed by atoms with E-state index in [1.54, 1.807) is 18.6 Å². The van der Waals surface area contributed by atoms with E-state index < -0.39 is 0 Å². The molecular formula is C30H27N7O. The second-order valence-electron chi connectivity index (χ2n) is 10.6. The second-order valence-corrected chi connectivity index (χ2v) is 10.6. The number of aromatic amines is 2. The Kier molecular flexibility index (Phi) is 5.72. The number of carbonyl (C=O) groups is 1. The Bertz CT molecular complexity index is 1780. The van der Waals surface area contributed by atoms with Gasteiger partial charge in [-0.3, -0.25) is 19.9 Å². The van der Waals surface area contributed by atoms with Crippen LogP contribution >= 0.6 is 0 Å². The molecule has 1 amide bonds. The Morgan fingerprint density at radius 2 is 1.84 bits per heavy atom. The van der Waals surface area contributed by atoms with Crippen LogP contribution in [0.3, 0.4) is 0 Å². The maximum atomic E-state index is 12.4. The highest BCUT2D eigenvalue weighted by atomic mass is 16.1. The van der Waals surface area contributed by atoms with Crippen LogP contribution in [-0.2, 0) is 4.79 Å². The minimum absolute atomic E-state index is 0.0287. The lowest BCUT2D eigenvalue weighted by atomic mass is 9.92. The molecule has 3 N–H and O–H groups in total. The van der Waals surface area contributed by atoms with Crippen molar-refractivity contribution in [1.29, 1.82) is 0 Å². The van der Waals surface area contributed by atoms with Gasteiger partial charge in [0.05, 0.1) is 34.1 Å². The smallest absolute Gasteiger partial charge is 0.224 e. The molecule has 0 atom stereocenters.